The van der Waals surface area contributed by atoms with E-state index >= 15 is 0 Å². The van der Waals surface area contributed by atoms with E-state index in [1.54, 1.807) is 37.4 Å². The molecule has 0 saturated heterocycles. The highest BCUT2D eigenvalue weighted by Gasteiger charge is 2.17. The highest BCUT2D eigenvalue weighted by Crippen LogP contribution is 2.19. The predicted molar refractivity (Wildman–Crippen MR) is 87.1 cm³/mol. The molecule has 2 aromatic carbocycles. The number of carbonyl (C=O) groups is 1. The van der Waals surface area contributed by atoms with Gasteiger partial charge in [0.15, 0.2) is 0 Å². The second-order valence-corrected chi connectivity index (χ2v) is 6.96. The summed E-state index contributed by atoms with van der Waals surface area (Å²) in [6.07, 6.45) is 1.02. The van der Waals surface area contributed by atoms with E-state index in [-0.39, 0.29) is 29.5 Å². The van der Waals surface area contributed by atoms with Crippen LogP contribution < -0.4 is 4.72 Å². The molecule has 0 spiro atoms. The normalized spacial score (nSPS) is 11.1. The molecule has 2 rings (SSSR count). The van der Waals surface area contributed by atoms with Crippen molar-refractivity contribution < 1.29 is 17.6 Å². The molecule has 0 unspecified atom stereocenters. The van der Waals surface area contributed by atoms with Gasteiger partial charge in [-0.1, -0.05) is 24.3 Å². The van der Waals surface area contributed by atoms with Crippen molar-refractivity contribution in [3.8, 4) is 0 Å². The molecule has 0 aliphatic rings. The zero-order valence-electron chi connectivity index (χ0n) is 12.8. The van der Waals surface area contributed by atoms with E-state index in [1.807, 2.05) is 0 Å². The van der Waals surface area contributed by atoms with Gasteiger partial charge in [0.2, 0.25) is 10.0 Å². The van der Waals surface area contributed by atoms with E-state index < -0.39 is 10.0 Å². The number of hydrogen-bond donors (Lipinski definition) is 1. The number of amides is 1. The maximum Gasteiger partial charge on any atom is 0.256 e. The molecule has 0 heterocycles. The lowest BCUT2D eigenvalue weighted by molar-refractivity contribution is 0.0786. The fraction of sp³-hybridized carbons (Fsp3) is 0.188. The first-order valence-corrected chi connectivity index (χ1v) is 8.72. The molecular formula is C16H17FN2O3S. The lowest BCUT2D eigenvalue weighted by atomic mass is 10.1. The van der Waals surface area contributed by atoms with E-state index in [0.29, 0.717) is 0 Å². The third-order valence-electron chi connectivity index (χ3n) is 3.13. The summed E-state index contributed by atoms with van der Waals surface area (Å²) in [6, 6.07) is 12.2. The van der Waals surface area contributed by atoms with Gasteiger partial charge in [0, 0.05) is 13.6 Å². The molecule has 0 bridgehead atoms. The average Bonchev–Trinajstić information content (AvgIpc) is 2.48. The number of carbonyl (C=O) groups excluding carboxylic acids is 1. The summed E-state index contributed by atoms with van der Waals surface area (Å²) < 4.78 is 38.0. The van der Waals surface area contributed by atoms with Crippen LogP contribution in [0.25, 0.3) is 0 Å². The van der Waals surface area contributed by atoms with Crippen LogP contribution in [0.3, 0.4) is 0 Å². The Balaban J connectivity index is 2.21. The Labute approximate surface area is 134 Å². The minimum atomic E-state index is -3.48. The summed E-state index contributed by atoms with van der Waals surface area (Å²) in [5, 5.41) is 0. The van der Waals surface area contributed by atoms with Gasteiger partial charge in [-0.15, -0.1) is 0 Å². The highest BCUT2D eigenvalue weighted by molar-refractivity contribution is 7.92. The molecule has 0 aliphatic heterocycles. The predicted octanol–water partition coefficient (Wildman–Crippen LogP) is 2.47. The third kappa shape index (κ3) is 4.79. The van der Waals surface area contributed by atoms with Crippen LogP contribution in [-0.4, -0.2) is 32.5 Å². The number of rotatable bonds is 5. The van der Waals surface area contributed by atoms with Crippen LogP contribution in [0, 0.1) is 5.82 Å². The Bertz CT molecular complexity index is 804. The summed E-state index contributed by atoms with van der Waals surface area (Å²) in [6.45, 7) is 0.284. The highest BCUT2D eigenvalue weighted by atomic mass is 32.2. The third-order valence-corrected chi connectivity index (χ3v) is 3.72. The van der Waals surface area contributed by atoms with Gasteiger partial charge < -0.3 is 4.90 Å². The van der Waals surface area contributed by atoms with Gasteiger partial charge in [-0.25, -0.2) is 12.8 Å². The van der Waals surface area contributed by atoms with Crippen molar-refractivity contribution in [1.82, 2.24) is 4.90 Å². The maximum absolute atomic E-state index is 12.9. The summed E-state index contributed by atoms with van der Waals surface area (Å²) in [5.41, 5.74) is 1.25. The molecule has 0 atom stereocenters. The monoisotopic (exact) mass is 336 g/mol. The van der Waals surface area contributed by atoms with Crippen LogP contribution in [0.5, 0.6) is 0 Å². The molecule has 23 heavy (non-hydrogen) atoms. The lowest BCUT2D eigenvalue weighted by Gasteiger charge is -2.19. The summed E-state index contributed by atoms with van der Waals surface area (Å²) in [5.74, 6) is -0.675. The minimum absolute atomic E-state index is 0.228. The lowest BCUT2D eigenvalue weighted by Crippen LogP contribution is -2.27. The number of para-hydroxylation sites is 1. The average molecular weight is 336 g/mol. The van der Waals surface area contributed by atoms with Crippen LogP contribution in [0.2, 0.25) is 0 Å². The molecule has 1 N–H and O–H groups in total. The Hall–Kier alpha value is -2.41. The van der Waals surface area contributed by atoms with Gasteiger partial charge in [-0.3, -0.25) is 9.52 Å². The Morgan fingerprint density at radius 1 is 1.13 bits per heavy atom. The number of nitrogens with zero attached hydrogens (tertiary/aromatic N) is 1. The molecule has 0 aromatic heterocycles. The summed E-state index contributed by atoms with van der Waals surface area (Å²) in [7, 11) is -1.88. The molecule has 122 valence electrons. The largest absolute Gasteiger partial charge is 0.337 e. The van der Waals surface area contributed by atoms with E-state index in [9.17, 15) is 17.6 Å². The second-order valence-electron chi connectivity index (χ2n) is 5.21. The van der Waals surface area contributed by atoms with Crippen LogP contribution in [0.4, 0.5) is 10.1 Å². The van der Waals surface area contributed by atoms with Crippen molar-refractivity contribution in [2.75, 3.05) is 18.0 Å². The van der Waals surface area contributed by atoms with Gasteiger partial charge in [0.05, 0.1) is 17.5 Å². The number of nitrogens with one attached hydrogen (secondary N) is 1. The van der Waals surface area contributed by atoms with Crippen LogP contribution >= 0.6 is 0 Å². The second kappa shape index (κ2) is 6.78. The van der Waals surface area contributed by atoms with Gasteiger partial charge in [0.1, 0.15) is 5.82 Å². The molecule has 0 radical (unpaired) electrons. The van der Waals surface area contributed by atoms with E-state index in [1.165, 1.54) is 23.1 Å². The van der Waals surface area contributed by atoms with E-state index in [0.717, 1.165) is 11.8 Å². The van der Waals surface area contributed by atoms with E-state index in [2.05, 4.69) is 4.72 Å². The number of anilines is 1. The van der Waals surface area contributed by atoms with Crippen molar-refractivity contribution in [3.05, 3.63) is 65.5 Å². The first-order chi connectivity index (χ1) is 10.8. The first kappa shape index (κ1) is 17.0. The summed E-state index contributed by atoms with van der Waals surface area (Å²) >= 11 is 0. The fourth-order valence-corrected chi connectivity index (χ4v) is 2.68. The number of halogens is 1. The smallest absolute Gasteiger partial charge is 0.256 e. The molecule has 0 fully saturated rings. The fourth-order valence-electron chi connectivity index (χ4n) is 2.10. The number of benzene rings is 2. The Morgan fingerprint density at radius 3 is 2.35 bits per heavy atom. The molecular weight excluding hydrogens is 319 g/mol. The van der Waals surface area contributed by atoms with Crippen LogP contribution in [0.1, 0.15) is 15.9 Å². The Morgan fingerprint density at radius 2 is 1.74 bits per heavy atom. The van der Waals surface area contributed by atoms with Crippen molar-refractivity contribution in [3.63, 3.8) is 0 Å². The van der Waals surface area contributed by atoms with Crippen molar-refractivity contribution >= 4 is 21.6 Å². The topological polar surface area (TPSA) is 66.5 Å². The van der Waals surface area contributed by atoms with E-state index in [4.69, 9.17) is 0 Å². The Kier molecular flexibility index (Phi) is 5.00. The maximum atomic E-state index is 12.9. The first-order valence-electron chi connectivity index (χ1n) is 6.83. The van der Waals surface area contributed by atoms with Crippen molar-refractivity contribution in [2.45, 2.75) is 6.54 Å². The zero-order valence-corrected chi connectivity index (χ0v) is 13.6. The van der Waals surface area contributed by atoms with Gasteiger partial charge >= 0.3 is 0 Å². The quantitative estimate of drug-likeness (QED) is 0.912. The molecule has 5 nitrogen and oxygen atoms in total. The molecule has 7 heteroatoms. The molecule has 2 aromatic rings. The van der Waals surface area contributed by atoms with Crippen LogP contribution in [0.15, 0.2) is 48.5 Å². The standard InChI is InChI=1S/C16H17FN2O3S/c1-19(11-12-7-9-13(17)10-8-12)16(20)14-5-3-4-6-15(14)18-23(2,21)22/h3-10,18H,11H2,1-2H3. The molecule has 0 saturated carbocycles. The molecule has 0 aliphatic carbocycles. The van der Waals surface area contributed by atoms with Crippen molar-refractivity contribution in [2.24, 2.45) is 0 Å². The minimum Gasteiger partial charge on any atom is -0.337 e. The zero-order chi connectivity index (χ0) is 17.0. The van der Waals surface area contributed by atoms with Gasteiger partial charge in [0.25, 0.3) is 5.91 Å². The number of hydrogen-bond acceptors (Lipinski definition) is 3. The van der Waals surface area contributed by atoms with Gasteiger partial charge in [-0.05, 0) is 29.8 Å². The van der Waals surface area contributed by atoms with Crippen molar-refractivity contribution in [1.29, 1.82) is 0 Å². The SMILES string of the molecule is CN(Cc1ccc(F)cc1)C(=O)c1ccccc1NS(C)(=O)=O. The molecule has 1 amide bonds. The number of sulfonamides is 1. The van der Waals surface area contributed by atoms with Gasteiger partial charge in [-0.2, -0.15) is 0 Å². The summed E-state index contributed by atoms with van der Waals surface area (Å²) in [4.78, 5) is 14.0. The van der Waals surface area contributed by atoms with Crippen LogP contribution in [-0.2, 0) is 16.6 Å².